The third-order valence-corrected chi connectivity index (χ3v) is 4.92. The van der Waals surface area contributed by atoms with Crippen LogP contribution in [0.2, 0.25) is 0 Å². The van der Waals surface area contributed by atoms with Crippen molar-refractivity contribution in [2.75, 3.05) is 45.0 Å². The molecule has 11 heteroatoms. The van der Waals surface area contributed by atoms with Crippen LogP contribution in [-0.4, -0.2) is 55.2 Å². The van der Waals surface area contributed by atoms with Crippen molar-refractivity contribution in [2.24, 2.45) is 0 Å². The fourth-order valence-electron chi connectivity index (χ4n) is 2.97. The van der Waals surface area contributed by atoms with Gasteiger partial charge in [-0.25, -0.2) is 0 Å². The van der Waals surface area contributed by atoms with E-state index in [9.17, 15) is 4.79 Å². The van der Waals surface area contributed by atoms with Crippen LogP contribution >= 0.6 is 0 Å². The lowest BCUT2D eigenvalue weighted by molar-refractivity contribution is 0.102. The molecule has 3 aromatic rings. The van der Waals surface area contributed by atoms with Crippen molar-refractivity contribution in [1.29, 1.82) is 0 Å². The summed E-state index contributed by atoms with van der Waals surface area (Å²) in [7, 11) is 4.71. The van der Waals surface area contributed by atoms with Gasteiger partial charge >= 0.3 is 6.08 Å². The minimum absolute atomic E-state index is 0.00740. The molecule has 3 N–H and O–H groups in total. The number of carbonyl (C=O) groups is 1. The fraction of sp³-hybridized carbons (Fsp3) is 0.391. The maximum atomic E-state index is 12.8. The number of nitrogens with zero attached hydrogens (tertiary/aromatic N) is 3. The van der Waals surface area contributed by atoms with Crippen molar-refractivity contribution in [3.63, 3.8) is 0 Å². The molecule has 2 heterocycles. The van der Waals surface area contributed by atoms with E-state index in [-0.39, 0.29) is 29.2 Å². The molecular weight excluding hydrogens is 440 g/mol. The van der Waals surface area contributed by atoms with Crippen molar-refractivity contribution in [1.82, 2.24) is 20.3 Å². The van der Waals surface area contributed by atoms with Gasteiger partial charge in [0, 0.05) is 13.1 Å². The highest BCUT2D eigenvalue weighted by Crippen LogP contribution is 2.33. The number of rotatable bonds is 11. The van der Waals surface area contributed by atoms with Gasteiger partial charge in [0.25, 0.3) is 5.91 Å². The third kappa shape index (κ3) is 5.93. The predicted molar refractivity (Wildman–Crippen MR) is 127 cm³/mol. The largest absolute Gasteiger partial charge is 0.479 e. The number of hydrogen-bond acceptors (Lipinski definition) is 10. The van der Waals surface area contributed by atoms with Gasteiger partial charge < -0.3 is 34.6 Å². The quantitative estimate of drug-likeness (QED) is 0.357. The maximum Gasteiger partial charge on any atom is 0.399 e. The van der Waals surface area contributed by atoms with E-state index in [2.05, 4.69) is 44.7 Å². The summed E-state index contributed by atoms with van der Waals surface area (Å²) in [6.07, 6.45) is 1.16. The van der Waals surface area contributed by atoms with Gasteiger partial charge in [0.2, 0.25) is 17.7 Å². The van der Waals surface area contributed by atoms with Crippen LogP contribution in [0.4, 0.5) is 11.6 Å². The summed E-state index contributed by atoms with van der Waals surface area (Å²) in [5.41, 5.74) is 2.21. The highest BCUT2D eigenvalue weighted by atomic mass is 16.6. The molecule has 1 aromatic carbocycles. The number of hydrogen-bond donors (Lipinski definition) is 3. The maximum absolute atomic E-state index is 12.8. The predicted octanol–water partition coefficient (Wildman–Crippen LogP) is 3.59. The normalized spacial score (nSPS) is 10.8. The highest BCUT2D eigenvalue weighted by molar-refractivity contribution is 6.04. The molecule has 182 valence electrons. The fourth-order valence-corrected chi connectivity index (χ4v) is 2.97. The van der Waals surface area contributed by atoms with Gasteiger partial charge in [-0.05, 0) is 37.1 Å². The van der Waals surface area contributed by atoms with E-state index in [4.69, 9.17) is 18.6 Å². The molecule has 0 aliphatic heterocycles. The number of aryl methyl sites for hydroxylation is 1. The molecule has 0 spiro atoms. The van der Waals surface area contributed by atoms with Crippen LogP contribution in [0.3, 0.4) is 0 Å². The Kier molecular flexibility index (Phi) is 8.25. The number of amides is 1. The van der Waals surface area contributed by atoms with Crippen molar-refractivity contribution in [3.05, 3.63) is 41.3 Å². The minimum atomic E-state index is -0.567. The number of anilines is 2. The summed E-state index contributed by atoms with van der Waals surface area (Å²) in [6.45, 7) is 7.42. The highest BCUT2D eigenvalue weighted by Gasteiger charge is 2.22. The first-order valence-corrected chi connectivity index (χ1v) is 10.8. The lowest BCUT2D eigenvalue weighted by Crippen LogP contribution is -2.20. The number of methoxy groups -OCH3 is 2. The zero-order valence-electron chi connectivity index (χ0n) is 20.2. The van der Waals surface area contributed by atoms with Gasteiger partial charge in [-0.1, -0.05) is 26.0 Å². The molecular formula is C23H30N6O5. The molecule has 0 saturated heterocycles. The third-order valence-electron chi connectivity index (χ3n) is 4.92. The monoisotopic (exact) mass is 470 g/mol. The first-order chi connectivity index (χ1) is 16.4. The van der Waals surface area contributed by atoms with Gasteiger partial charge in [0.1, 0.15) is 12.0 Å². The molecule has 1 amide bonds. The Morgan fingerprint density at radius 1 is 1.09 bits per heavy atom. The summed E-state index contributed by atoms with van der Waals surface area (Å²) in [5, 5.41) is 8.73. The lowest BCUT2D eigenvalue weighted by atomic mass is 10.0. The Hall–Kier alpha value is -3.86. The van der Waals surface area contributed by atoms with Crippen LogP contribution in [0.1, 0.15) is 41.4 Å². The Bertz CT molecular complexity index is 1110. The Balaban J connectivity index is 1.77. The average molecular weight is 471 g/mol. The van der Waals surface area contributed by atoms with Crippen molar-refractivity contribution < 1.29 is 23.4 Å². The molecule has 11 nitrogen and oxygen atoms in total. The standard InChI is InChI=1S/C23H30N6O5/c1-13(2)15-8-7-14(3)17(11-15)34-23-26-16(12-33-23)19(30)27-18-20(31-5)28-22(25-10-9-24-4)29-21(18)32-6/h7-8,11-13,24H,9-10H2,1-6H3,(H,27,30)(H,25,28,29). The van der Waals surface area contributed by atoms with Gasteiger partial charge in [-0.15, -0.1) is 0 Å². The van der Waals surface area contributed by atoms with E-state index in [1.165, 1.54) is 20.5 Å². The van der Waals surface area contributed by atoms with Crippen LogP contribution < -0.4 is 30.2 Å². The van der Waals surface area contributed by atoms with Gasteiger partial charge in [-0.3, -0.25) is 4.79 Å². The van der Waals surface area contributed by atoms with Gasteiger partial charge in [0.15, 0.2) is 11.4 Å². The molecule has 0 saturated carbocycles. The zero-order chi connectivity index (χ0) is 24.7. The van der Waals surface area contributed by atoms with E-state index < -0.39 is 5.91 Å². The Morgan fingerprint density at radius 2 is 1.79 bits per heavy atom. The summed E-state index contributed by atoms with van der Waals surface area (Å²) in [4.78, 5) is 25.5. The summed E-state index contributed by atoms with van der Waals surface area (Å²) < 4.78 is 21.8. The lowest BCUT2D eigenvalue weighted by Gasteiger charge is -2.14. The summed E-state index contributed by atoms with van der Waals surface area (Å²) in [6, 6.07) is 5.95. The van der Waals surface area contributed by atoms with Crippen LogP contribution in [-0.2, 0) is 0 Å². The van der Waals surface area contributed by atoms with Crippen molar-refractivity contribution in [3.8, 4) is 23.6 Å². The molecule has 34 heavy (non-hydrogen) atoms. The molecule has 3 rings (SSSR count). The second-order valence-electron chi connectivity index (χ2n) is 7.71. The van der Waals surface area contributed by atoms with Crippen molar-refractivity contribution >= 4 is 17.5 Å². The molecule has 0 aliphatic rings. The summed E-state index contributed by atoms with van der Waals surface area (Å²) >= 11 is 0. The number of oxazole rings is 1. The molecule has 0 fully saturated rings. The second kappa shape index (κ2) is 11.3. The number of carbonyl (C=O) groups excluding carboxylic acids is 1. The number of ether oxygens (including phenoxy) is 3. The van der Waals surface area contributed by atoms with E-state index in [0.29, 0.717) is 30.7 Å². The number of nitrogens with one attached hydrogen (secondary N) is 3. The van der Waals surface area contributed by atoms with E-state index in [0.717, 1.165) is 11.1 Å². The molecule has 0 radical (unpaired) electrons. The van der Waals surface area contributed by atoms with Gasteiger partial charge in [0.05, 0.1) is 14.2 Å². The number of aromatic nitrogens is 3. The molecule has 0 atom stereocenters. The number of likely N-dealkylation sites (N-methyl/N-ethyl adjacent to an activating group) is 1. The van der Waals surface area contributed by atoms with Crippen molar-refractivity contribution in [2.45, 2.75) is 26.7 Å². The second-order valence-corrected chi connectivity index (χ2v) is 7.71. The van der Waals surface area contributed by atoms with E-state index in [1.54, 1.807) is 0 Å². The smallest absolute Gasteiger partial charge is 0.399 e. The average Bonchev–Trinajstić information content (AvgIpc) is 3.29. The van der Waals surface area contributed by atoms with Crippen LogP contribution in [0.25, 0.3) is 0 Å². The molecule has 0 bridgehead atoms. The number of benzene rings is 1. The molecule has 2 aromatic heterocycles. The molecule has 0 aliphatic carbocycles. The Labute approximate surface area is 198 Å². The summed E-state index contributed by atoms with van der Waals surface area (Å²) in [5.74, 6) is 0.950. The van der Waals surface area contributed by atoms with Crippen LogP contribution in [0.15, 0.2) is 28.9 Å². The topological polar surface area (TPSA) is 133 Å². The van der Waals surface area contributed by atoms with Crippen LogP contribution in [0, 0.1) is 6.92 Å². The first-order valence-electron chi connectivity index (χ1n) is 10.8. The van der Waals surface area contributed by atoms with E-state index >= 15 is 0 Å². The molecule has 0 unspecified atom stereocenters. The van der Waals surface area contributed by atoms with Crippen LogP contribution in [0.5, 0.6) is 23.6 Å². The van der Waals surface area contributed by atoms with E-state index in [1.807, 2.05) is 32.2 Å². The zero-order valence-corrected chi connectivity index (χ0v) is 20.2. The Morgan fingerprint density at radius 3 is 2.41 bits per heavy atom. The SMILES string of the molecule is CNCCNc1nc(OC)c(NC(=O)c2coc(Oc3cc(C(C)C)ccc3C)n2)c(OC)n1. The first kappa shape index (κ1) is 24.8. The minimum Gasteiger partial charge on any atom is -0.479 e. The van der Waals surface area contributed by atoms with Gasteiger partial charge in [-0.2, -0.15) is 15.0 Å².